The third-order valence-corrected chi connectivity index (χ3v) is 2.52. The number of benzene rings is 1. The molecule has 0 heterocycles. The van der Waals surface area contributed by atoms with Crippen LogP contribution in [0.3, 0.4) is 0 Å². The molecule has 0 saturated carbocycles. The van der Waals surface area contributed by atoms with Gasteiger partial charge in [-0.05, 0) is 24.6 Å². The van der Waals surface area contributed by atoms with Crippen LogP contribution < -0.4 is 9.88 Å². The molecule has 0 fully saturated rings. The Hall–Kier alpha value is -1.07. The maximum atomic E-state index is 10.9. The lowest BCUT2D eigenvalue weighted by atomic mass is 10.2. The zero-order valence-electron chi connectivity index (χ0n) is 7.37. The first-order valence-corrected chi connectivity index (χ1v) is 5.08. The number of hydrogen-bond donors (Lipinski definition) is 0. The molecular weight excluding hydrogens is 190 g/mol. The van der Waals surface area contributed by atoms with Gasteiger partial charge >= 0.3 is 0 Å². The van der Waals surface area contributed by atoms with Crippen LogP contribution >= 0.6 is 0 Å². The summed E-state index contributed by atoms with van der Waals surface area (Å²) < 4.78 is 26.7. The Balaban J connectivity index is 3.39. The quantitative estimate of drug-likeness (QED) is 0.714. The van der Waals surface area contributed by atoms with Crippen LogP contribution in [0.15, 0.2) is 23.1 Å². The van der Waals surface area contributed by atoms with E-state index in [4.69, 9.17) is 9.88 Å². The summed E-state index contributed by atoms with van der Waals surface area (Å²) in [6, 6.07) is 4.59. The molecule has 0 spiro atoms. The van der Waals surface area contributed by atoms with Crippen molar-refractivity contribution >= 4 is 10.0 Å². The van der Waals surface area contributed by atoms with Crippen molar-refractivity contribution in [1.82, 2.24) is 5.14 Å². The molecule has 0 aliphatic carbocycles. The fraction of sp³-hybridized carbons (Fsp3) is 0.250. The van der Waals surface area contributed by atoms with E-state index in [1.165, 1.54) is 13.2 Å². The maximum Gasteiger partial charge on any atom is 0.257 e. The third kappa shape index (κ3) is 2.19. The smallest absolute Gasteiger partial charge is 0.257 e. The largest absolute Gasteiger partial charge is 0.495 e. The predicted molar refractivity (Wildman–Crippen MR) is 48.0 cm³/mol. The summed E-state index contributed by atoms with van der Waals surface area (Å²) in [6.07, 6.45) is 0. The second-order valence-corrected chi connectivity index (χ2v) is 4.10. The van der Waals surface area contributed by atoms with Gasteiger partial charge in [-0.2, -0.15) is 0 Å². The minimum Gasteiger partial charge on any atom is -0.495 e. The van der Waals surface area contributed by atoms with Crippen LogP contribution in [0.5, 0.6) is 5.75 Å². The van der Waals surface area contributed by atoms with Crippen LogP contribution in [0.4, 0.5) is 0 Å². The van der Waals surface area contributed by atoms with E-state index in [-0.39, 0.29) is 10.6 Å². The summed E-state index contributed by atoms with van der Waals surface area (Å²) in [5.74, 6) is 0.218. The molecule has 1 aromatic rings. The summed E-state index contributed by atoms with van der Waals surface area (Å²) in [6.45, 7) is 1.82. The lowest BCUT2D eigenvalue weighted by Gasteiger charge is -2.05. The molecule has 1 rings (SSSR count). The molecule has 13 heavy (non-hydrogen) atoms. The number of ether oxygens (including phenoxy) is 1. The van der Waals surface area contributed by atoms with Crippen molar-refractivity contribution < 1.29 is 13.2 Å². The molecule has 0 aromatic heterocycles. The van der Waals surface area contributed by atoms with E-state index in [1.54, 1.807) is 12.1 Å². The highest BCUT2D eigenvalue weighted by molar-refractivity contribution is 7.89. The Morgan fingerprint density at radius 1 is 1.38 bits per heavy atom. The van der Waals surface area contributed by atoms with Crippen LogP contribution in [-0.4, -0.2) is 15.5 Å². The fourth-order valence-corrected chi connectivity index (χ4v) is 1.65. The lowest BCUT2D eigenvalue weighted by molar-refractivity contribution is 0.402. The van der Waals surface area contributed by atoms with E-state index in [1.807, 2.05) is 6.92 Å². The van der Waals surface area contributed by atoms with Crippen molar-refractivity contribution in [2.75, 3.05) is 7.11 Å². The minimum atomic E-state index is -3.94. The Labute approximate surface area is 77.4 Å². The average Bonchev–Trinajstić information content (AvgIpc) is 2.01. The van der Waals surface area contributed by atoms with Crippen molar-refractivity contribution in [3.8, 4) is 5.75 Å². The van der Waals surface area contributed by atoms with Gasteiger partial charge in [0.15, 0.2) is 0 Å². The molecule has 4 nitrogen and oxygen atoms in total. The van der Waals surface area contributed by atoms with E-state index in [0.717, 1.165) is 5.56 Å². The molecule has 0 bridgehead atoms. The number of aryl methyl sites for hydroxylation is 1. The Bertz CT molecular complexity index is 411. The number of hydrogen-bond acceptors (Lipinski definition) is 3. The Kier molecular flexibility index (Phi) is 2.58. The summed E-state index contributed by atoms with van der Waals surface area (Å²) in [5, 5.41) is 6.88. The van der Waals surface area contributed by atoms with Crippen LogP contribution in [0, 0.1) is 6.92 Å². The predicted octanol–water partition coefficient (Wildman–Crippen LogP) is 0.975. The van der Waals surface area contributed by atoms with Crippen molar-refractivity contribution in [3.63, 3.8) is 0 Å². The highest BCUT2D eigenvalue weighted by Gasteiger charge is 2.14. The molecule has 5 heteroatoms. The van der Waals surface area contributed by atoms with E-state index in [0.29, 0.717) is 0 Å². The summed E-state index contributed by atoms with van der Waals surface area (Å²) in [4.78, 5) is -0.0967. The molecule has 0 aliphatic rings. The maximum absolute atomic E-state index is 10.9. The Morgan fingerprint density at radius 2 is 2.00 bits per heavy atom. The highest BCUT2D eigenvalue weighted by Crippen LogP contribution is 2.23. The monoisotopic (exact) mass is 200 g/mol. The highest BCUT2D eigenvalue weighted by atomic mass is 32.2. The molecule has 1 aromatic carbocycles. The van der Waals surface area contributed by atoms with E-state index < -0.39 is 10.0 Å². The zero-order valence-corrected chi connectivity index (χ0v) is 8.18. The molecule has 71 valence electrons. The Morgan fingerprint density at radius 3 is 2.46 bits per heavy atom. The van der Waals surface area contributed by atoms with Crippen molar-refractivity contribution in [2.24, 2.45) is 0 Å². The molecular formula is C8H10NO3S. The third-order valence-electron chi connectivity index (χ3n) is 1.61. The van der Waals surface area contributed by atoms with Crippen LogP contribution in [0.2, 0.25) is 0 Å². The lowest BCUT2D eigenvalue weighted by Crippen LogP contribution is -2.03. The molecule has 1 radical (unpaired) electrons. The molecule has 0 unspecified atom stereocenters. The van der Waals surface area contributed by atoms with Gasteiger partial charge in [-0.15, -0.1) is 5.14 Å². The van der Waals surface area contributed by atoms with E-state index >= 15 is 0 Å². The fourth-order valence-electron chi connectivity index (χ4n) is 0.997. The molecule has 0 atom stereocenters. The second-order valence-electron chi connectivity index (χ2n) is 2.66. The number of sulfonamides is 1. The van der Waals surface area contributed by atoms with Crippen molar-refractivity contribution in [2.45, 2.75) is 11.8 Å². The van der Waals surface area contributed by atoms with Gasteiger partial charge < -0.3 is 4.74 Å². The van der Waals surface area contributed by atoms with Crippen LogP contribution in [0.1, 0.15) is 5.56 Å². The van der Waals surface area contributed by atoms with Crippen molar-refractivity contribution in [3.05, 3.63) is 23.8 Å². The van der Waals surface area contributed by atoms with Gasteiger partial charge in [-0.25, -0.2) is 8.42 Å². The van der Waals surface area contributed by atoms with Gasteiger partial charge in [0.2, 0.25) is 0 Å². The van der Waals surface area contributed by atoms with E-state index in [2.05, 4.69) is 0 Å². The standard InChI is InChI=1S/C8H10NO3S/c1-6-3-4-8(13(9,10)11)7(5-6)12-2/h3-5,9H,1-2H3. The first-order chi connectivity index (χ1) is 5.95. The van der Waals surface area contributed by atoms with Gasteiger partial charge in [-0.3, -0.25) is 0 Å². The van der Waals surface area contributed by atoms with Gasteiger partial charge in [0.25, 0.3) is 10.0 Å². The molecule has 1 N–H and O–H groups in total. The normalized spacial score (nSPS) is 11.3. The van der Waals surface area contributed by atoms with E-state index in [9.17, 15) is 8.42 Å². The van der Waals surface area contributed by atoms with Gasteiger partial charge in [0, 0.05) is 0 Å². The summed E-state index contributed by atoms with van der Waals surface area (Å²) in [5.41, 5.74) is 0.893. The van der Waals surface area contributed by atoms with Crippen LogP contribution in [0.25, 0.3) is 0 Å². The van der Waals surface area contributed by atoms with Gasteiger partial charge in [0.05, 0.1) is 7.11 Å². The first kappa shape index (κ1) is 10.0. The summed E-state index contributed by atoms with van der Waals surface area (Å²) in [7, 11) is -2.56. The number of rotatable bonds is 2. The molecule has 0 saturated heterocycles. The number of methoxy groups -OCH3 is 1. The SMILES string of the molecule is COc1cc(C)ccc1S([NH])(=O)=O. The van der Waals surface area contributed by atoms with Crippen LogP contribution in [-0.2, 0) is 10.0 Å². The molecule has 0 aliphatic heterocycles. The topological polar surface area (TPSA) is 67.2 Å². The summed E-state index contributed by atoms with van der Waals surface area (Å²) >= 11 is 0. The first-order valence-electron chi connectivity index (χ1n) is 3.59. The van der Waals surface area contributed by atoms with Gasteiger partial charge in [0.1, 0.15) is 10.6 Å². The van der Waals surface area contributed by atoms with Crippen molar-refractivity contribution in [1.29, 1.82) is 0 Å². The number of nitrogens with one attached hydrogen (secondary N) is 1. The minimum absolute atomic E-state index is 0.0967. The molecule has 0 amide bonds. The second kappa shape index (κ2) is 3.35. The zero-order chi connectivity index (χ0) is 10.1. The average molecular weight is 200 g/mol. The van der Waals surface area contributed by atoms with Gasteiger partial charge in [-0.1, -0.05) is 6.07 Å².